The number of nitrogen functional groups attached to an aromatic ring is 1. The Labute approximate surface area is 193 Å². The van der Waals surface area contributed by atoms with Gasteiger partial charge in [0.2, 0.25) is 11.7 Å². The zero-order valence-electron chi connectivity index (χ0n) is 19.6. The standard InChI is InChI=1S/C17H24N4O3.C6H8N2O/c1-16(2,3)24-15(23)21-8-6-17(7-9-21)5-4-10-11(17)13(22)12(18)14(19)20-10;1-9-6-4-5(7)2-3-8-6/h18H,4-9H2,1-3H3,(H2,19,20);2-4H,1H3,(H2,7,8). The smallest absolute Gasteiger partial charge is 0.410 e. The number of nitrogens with zero attached hydrogens (tertiary/aromatic N) is 3. The van der Waals surface area contributed by atoms with E-state index in [1.54, 1.807) is 30.3 Å². The number of ketones is 1. The van der Waals surface area contributed by atoms with Gasteiger partial charge < -0.3 is 25.8 Å². The second-order valence-corrected chi connectivity index (χ2v) is 9.40. The average molecular weight is 457 g/mol. The molecule has 0 atom stereocenters. The molecule has 5 N–H and O–H groups in total. The van der Waals surface area contributed by atoms with Gasteiger partial charge in [-0.3, -0.25) is 10.2 Å². The first-order valence-electron chi connectivity index (χ1n) is 10.9. The fourth-order valence-electron chi connectivity index (χ4n) is 4.32. The Morgan fingerprint density at radius 2 is 1.88 bits per heavy atom. The van der Waals surface area contributed by atoms with Crippen LogP contribution in [0.25, 0.3) is 0 Å². The van der Waals surface area contributed by atoms with Crippen LogP contribution in [-0.2, 0) is 9.53 Å². The Hall–Kier alpha value is -3.43. The summed E-state index contributed by atoms with van der Waals surface area (Å²) in [6.45, 7) is 6.63. The minimum atomic E-state index is -0.518. The Morgan fingerprint density at radius 3 is 2.42 bits per heavy atom. The highest BCUT2D eigenvalue weighted by Crippen LogP contribution is 2.51. The van der Waals surface area contributed by atoms with Crippen molar-refractivity contribution in [2.45, 2.75) is 52.1 Å². The third-order valence-electron chi connectivity index (χ3n) is 5.97. The third-order valence-corrected chi connectivity index (χ3v) is 5.97. The number of anilines is 1. The van der Waals surface area contributed by atoms with Crippen molar-refractivity contribution in [1.82, 2.24) is 9.88 Å². The average Bonchev–Trinajstić information content (AvgIpc) is 3.09. The molecule has 3 aliphatic rings. The summed E-state index contributed by atoms with van der Waals surface area (Å²) < 4.78 is 10.2. The summed E-state index contributed by atoms with van der Waals surface area (Å²) in [5.74, 6) is 0.276. The maximum Gasteiger partial charge on any atom is 0.410 e. The number of piperidine rings is 1. The molecule has 1 saturated heterocycles. The van der Waals surface area contributed by atoms with Crippen molar-refractivity contribution < 1.29 is 19.1 Å². The molecular formula is C23H32N6O4. The van der Waals surface area contributed by atoms with Crippen molar-refractivity contribution in [2.75, 3.05) is 25.9 Å². The number of amidine groups is 1. The third kappa shape index (κ3) is 5.32. The van der Waals surface area contributed by atoms with Crippen LogP contribution in [0.1, 0.15) is 46.5 Å². The van der Waals surface area contributed by atoms with E-state index in [1.165, 1.54) is 0 Å². The van der Waals surface area contributed by atoms with E-state index in [9.17, 15) is 9.59 Å². The summed E-state index contributed by atoms with van der Waals surface area (Å²) in [4.78, 5) is 34.6. The van der Waals surface area contributed by atoms with Crippen LogP contribution in [-0.4, -0.2) is 59.1 Å². The number of hydrogen-bond donors (Lipinski definition) is 3. The van der Waals surface area contributed by atoms with Gasteiger partial charge in [-0.15, -0.1) is 0 Å². The maximum absolute atomic E-state index is 12.5. The van der Waals surface area contributed by atoms with Gasteiger partial charge in [0, 0.05) is 42.0 Å². The van der Waals surface area contributed by atoms with Crippen molar-refractivity contribution in [3.05, 3.63) is 29.6 Å². The molecule has 4 rings (SSSR count). The minimum absolute atomic E-state index is 0.0157. The molecule has 2 aliphatic heterocycles. The van der Waals surface area contributed by atoms with Gasteiger partial charge in [0.05, 0.1) is 12.8 Å². The molecule has 1 aliphatic carbocycles. The van der Waals surface area contributed by atoms with E-state index in [4.69, 9.17) is 26.4 Å². The first-order valence-corrected chi connectivity index (χ1v) is 10.9. The topological polar surface area (TPSA) is 157 Å². The number of rotatable bonds is 1. The Balaban J connectivity index is 0.000000286. The van der Waals surface area contributed by atoms with Crippen molar-refractivity contribution in [2.24, 2.45) is 16.1 Å². The molecule has 0 unspecified atom stereocenters. The van der Waals surface area contributed by atoms with Crippen LogP contribution in [0.5, 0.6) is 5.88 Å². The van der Waals surface area contributed by atoms with Gasteiger partial charge in [-0.05, 0) is 52.5 Å². The Bertz CT molecular complexity index is 1020. The van der Waals surface area contributed by atoms with E-state index >= 15 is 0 Å². The van der Waals surface area contributed by atoms with Gasteiger partial charge in [-0.1, -0.05) is 0 Å². The largest absolute Gasteiger partial charge is 0.481 e. The molecule has 10 heteroatoms. The number of ether oxygens (including phenoxy) is 2. The van der Waals surface area contributed by atoms with Crippen molar-refractivity contribution in [3.8, 4) is 5.88 Å². The summed E-state index contributed by atoms with van der Waals surface area (Å²) in [6, 6.07) is 3.38. The van der Waals surface area contributed by atoms with Crippen LogP contribution >= 0.6 is 0 Å². The van der Waals surface area contributed by atoms with Gasteiger partial charge in [0.15, 0.2) is 5.84 Å². The second kappa shape index (κ2) is 9.21. The van der Waals surface area contributed by atoms with Crippen LogP contribution in [0.2, 0.25) is 0 Å². The number of carbonyl (C=O) groups is 2. The minimum Gasteiger partial charge on any atom is -0.481 e. The molecule has 0 bridgehead atoms. The molecular weight excluding hydrogens is 424 g/mol. The van der Waals surface area contributed by atoms with E-state index in [2.05, 4.69) is 9.98 Å². The lowest BCUT2D eigenvalue weighted by Crippen LogP contribution is -2.47. The number of Topliss-reactive ketones (excluding diaryl/α,β-unsaturated/α-hetero) is 1. The Morgan fingerprint density at radius 1 is 1.21 bits per heavy atom. The summed E-state index contributed by atoms with van der Waals surface area (Å²) in [6.07, 6.45) is 4.22. The van der Waals surface area contributed by atoms with Gasteiger partial charge in [0.1, 0.15) is 11.3 Å². The lowest BCUT2D eigenvalue weighted by molar-refractivity contribution is -0.111. The lowest BCUT2D eigenvalue weighted by Gasteiger charge is -2.41. The number of hydrogen-bond acceptors (Lipinski definition) is 9. The first kappa shape index (κ1) is 24.2. The SMILES string of the molecule is CC(C)(C)OC(=O)N1CCC2(CCC3=C2C(=O)C(=N)C(N)=N3)CC1.COc1cc(N)ccn1. The zero-order chi connectivity index (χ0) is 24.4. The molecule has 33 heavy (non-hydrogen) atoms. The molecule has 1 aromatic rings. The van der Waals surface area contributed by atoms with E-state index in [-0.39, 0.29) is 28.8 Å². The molecule has 0 saturated carbocycles. The number of nitrogens with two attached hydrogens (primary N) is 2. The highest BCUT2D eigenvalue weighted by Gasteiger charge is 2.49. The monoisotopic (exact) mass is 456 g/mol. The number of fused-ring (bicyclic) bond motifs is 1. The van der Waals surface area contributed by atoms with Gasteiger partial charge >= 0.3 is 6.09 Å². The van der Waals surface area contributed by atoms with Gasteiger partial charge in [0.25, 0.3) is 0 Å². The second-order valence-electron chi connectivity index (χ2n) is 9.40. The number of carbonyl (C=O) groups excluding carboxylic acids is 2. The van der Waals surface area contributed by atoms with Crippen LogP contribution < -0.4 is 16.2 Å². The predicted octanol–water partition coefficient (Wildman–Crippen LogP) is 2.68. The van der Waals surface area contributed by atoms with Crippen molar-refractivity contribution in [3.63, 3.8) is 0 Å². The van der Waals surface area contributed by atoms with Gasteiger partial charge in [-0.2, -0.15) is 0 Å². The fraction of sp³-hybridized carbons (Fsp3) is 0.522. The normalized spacial score (nSPS) is 19.5. The quantitative estimate of drug-likeness (QED) is 0.586. The predicted molar refractivity (Wildman–Crippen MR) is 125 cm³/mol. The summed E-state index contributed by atoms with van der Waals surface area (Å²) in [5, 5.41) is 7.84. The van der Waals surface area contributed by atoms with Gasteiger partial charge in [-0.25, -0.2) is 14.8 Å². The zero-order valence-corrected chi connectivity index (χ0v) is 19.6. The number of likely N-dealkylation sites (tertiary alicyclic amines) is 1. The maximum atomic E-state index is 12.5. The van der Waals surface area contributed by atoms with Crippen LogP contribution in [0.4, 0.5) is 10.5 Å². The molecule has 1 amide bonds. The van der Waals surface area contributed by atoms with E-state index in [0.29, 0.717) is 49.5 Å². The van der Waals surface area contributed by atoms with Crippen LogP contribution in [0.3, 0.4) is 0 Å². The van der Waals surface area contributed by atoms with E-state index in [1.807, 2.05) is 20.8 Å². The van der Waals surface area contributed by atoms with E-state index < -0.39 is 5.60 Å². The number of amides is 1. The number of aromatic nitrogens is 1. The molecule has 3 heterocycles. The molecule has 1 spiro atoms. The molecule has 178 valence electrons. The number of pyridine rings is 1. The first-order chi connectivity index (χ1) is 15.5. The summed E-state index contributed by atoms with van der Waals surface area (Å²) in [7, 11) is 1.56. The number of nitrogens with one attached hydrogen (secondary N) is 1. The molecule has 0 radical (unpaired) electrons. The lowest BCUT2D eigenvalue weighted by atomic mass is 9.71. The molecule has 1 aromatic heterocycles. The number of methoxy groups -OCH3 is 1. The van der Waals surface area contributed by atoms with Crippen LogP contribution in [0, 0.1) is 10.8 Å². The highest BCUT2D eigenvalue weighted by atomic mass is 16.6. The number of allylic oxidation sites excluding steroid dienone is 2. The molecule has 0 aromatic carbocycles. The number of aliphatic imine (C=N–C) groups is 1. The van der Waals surface area contributed by atoms with Crippen LogP contribution in [0.15, 0.2) is 34.6 Å². The highest BCUT2D eigenvalue weighted by molar-refractivity contribution is 6.69. The van der Waals surface area contributed by atoms with Crippen molar-refractivity contribution in [1.29, 1.82) is 5.41 Å². The molecule has 1 fully saturated rings. The Kier molecular flexibility index (Phi) is 6.76. The fourth-order valence-corrected chi connectivity index (χ4v) is 4.32. The summed E-state index contributed by atoms with van der Waals surface area (Å²) in [5.41, 5.74) is 12.1. The van der Waals surface area contributed by atoms with Crippen molar-refractivity contribution >= 4 is 29.1 Å². The van der Waals surface area contributed by atoms with E-state index in [0.717, 1.165) is 12.1 Å². The molecule has 10 nitrogen and oxygen atoms in total. The summed E-state index contributed by atoms with van der Waals surface area (Å²) >= 11 is 0.